The van der Waals surface area contributed by atoms with Crippen molar-refractivity contribution in [2.75, 3.05) is 14.2 Å². The van der Waals surface area contributed by atoms with Gasteiger partial charge in [-0.2, -0.15) is 0 Å². The van der Waals surface area contributed by atoms with Crippen molar-refractivity contribution in [3.63, 3.8) is 0 Å². The summed E-state index contributed by atoms with van der Waals surface area (Å²) in [4.78, 5) is 50.9. The van der Waals surface area contributed by atoms with E-state index in [1.807, 2.05) is 0 Å². The minimum Gasteiger partial charge on any atom is -0.469 e. The van der Waals surface area contributed by atoms with E-state index in [9.17, 15) is 19.2 Å². The van der Waals surface area contributed by atoms with E-state index < -0.39 is 35.1 Å². The number of carbonyl (C=O) groups is 4. The molecule has 1 amide bonds. The summed E-state index contributed by atoms with van der Waals surface area (Å²) < 4.78 is 8.85. The van der Waals surface area contributed by atoms with E-state index >= 15 is 0 Å². The number of ketones is 1. The molecule has 0 aromatic heterocycles. The van der Waals surface area contributed by atoms with Crippen molar-refractivity contribution >= 4 is 23.6 Å². The van der Waals surface area contributed by atoms with Crippen LogP contribution >= 0.6 is 0 Å². The first kappa shape index (κ1) is 20.0. The summed E-state index contributed by atoms with van der Waals surface area (Å²) in [5.41, 5.74) is 1.71. The number of hydroxylamine groups is 1. The summed E-state index contributed by atoms with van der Waals surface area (Å²) in [7, 11) is 2.24. The molecule has 0 heterocycles. The lowest BCUT2D eigenvalue weighted by Crippen LogP contribution is -2.34. The molecule has 126 valence electrons. The minimum atomic E-state index is -1.03. The number of rotatable bonds is 8. The molecule has 8 heteroatoms. The maximum Gasteiger partial charge on any atom is 0.374 e. The first-order valence-corrected chi connectivity index (χ1v) is 6.76. The maximum atomic E-state index is 11.6. The van der Waals surface area contributed by atoms with Crippen LogP contribution in [0, 0.1) is 5.92 Å². The molecule has 8 nitrogen and oxygen atoms in total. The Bertz CT molecular complexity index is 425. The molecule has 0 saturated carbocycles. The van der Waals surface area contributed by atoms with Crippen molar-refractivity contribution in [2.45, 2.75) is 45.6 Å². The predicted octanol–water partition coefficient (Wildman–Crippen LogP) is 0.534. The van der Waals surface area contributed by atoms with E-state index in [1.54, 1.807) is 20.8 Å². The zero-order chi connectivity index (χ0) is 17.3. The third-order valence-corrected chi connectivity index (χ3v) is 2.57. The molecule has 0 spiro atoms. The quantitative estimate of drug-likeness (QED) is 0.395. The number of ether oxygens (including phenoxy) is 2. The van der Waals surface area contributed by atoms with Gasteiger partial charge in [-0.1, -0.05) is 0 Å². The fourth-order valence-corrected chi connectivity index (χ4v) is 1.46. The third kappa shape index (κ3) is 8.35. The smallest absolute Gasteiger partial charge is 0.374 e. The van der Waals surface area contributed by atoms with Crippen molar-refractivity contribution in [1.29, 1.82) is 0 Å². The van der Waals surface area contributed by atoms with Gasteiger partial charge in [0.2, 0.25) is 11.7 Å². The van der Waals surface area contributed by atoms with Crippen LogP contribution in [0.1, 0.15) is 40.0 Å². The lowest BCUT2D eigenvalue weighted by molar-refractivity contribution is -0.154. The molecule has 22 heavy (non-hydrogen) atoms. The monoisotopic (exact) mass is 317 g/mol. The molecule has 0 fully saturated rings. The van der Waals surface area contributed by atoms with Gasteiger partial charge in [-0.3, -0.25) is 19.2 Å². The van der Waals surface area contributed by atoms with Crippen molar-refractivity contribution < 1.29 is 33.5 Å². The van der Waals surface area contributed by atoms with Crippen LogP contribution in [0.4, 0.5) is 0 Å². The largest absolute Gasteiger partial charge is 0.469 e. The van der Waals surface area contributed by atoms with Crippen LogP contribution in [-0.2, 0) is 33.5 Å². The molecule has 0 aromatic carbocycles. The first-order valence-electron chi connectivity index (χ1n) is 6.76. The van der Waals surface area contributed by atoms with Crippen molar-refractivity contribution in [1.82, 2.24) is 5.48 Å². The Kier molecular flexibility index (Phi) is 8.32. The number of hydrogen-bond acceptors (Lipinski definition) is 7. The first-order chi connectivity index (χ1) is 10.1. The molecular formula is C14H23NO7. The molecule has 1 atom stereocenters. The van der Waals surface area contributed by atoms with Crippen LogP contribution in [-0.4, -0.2) is 43.4 Å². The van der Waals surface area contributed by atoms with Gasteiger partial charge in [0, 0.05) is 12.8 Å². The second kappa shape index (κ2) is 9.14. The molecule has 0 aliphatic carbocycles. The van der Waals surface area contributed by atoms with Gasteiger partial charge >= 0.3 is 11.9 Å². The topological polar surface area (TPSA) is 108 Å². The van der Waals surface area contributed by atoms with E-state index in [1.165, 1.54) is 7.11 Å². The minimum absolute atomic E-state index is 0.0503. The Morgan fingerprint density at radius 3 is 2.09 bits per heavy atom. The Morgan fingerprint density at radius 2 is 1.64 bits per heavy atom. The van der Waals surface area contributed by atoms with Crippen LogP contribution in [0.15, 0.2) is 0 Å². The fraction of sp³-hybridized carbons (Fsp3) is 0.714. The highest BCUT2D eigenvalue weighted by Gasteiger charge is 2.27. The molecule has 0 radical (unpaired) electrons. The van der Waals surface area contributed by atoms with Gasteiger partial charge in [0.15, 0.2) is 0 Å². The summed E-state index contributed by atoms with van der Waals surface area (Å²) >= 11 is 0. The third-order valence-electron chi connectivity index (χ3n) is 2.57. The SMILES string of the molecule is COC(=O)C(=O)CC(CCC(=O)NOC(C)(C)C)C(=O)OC. The number of esters is 2. The van der Waals surface area contributed by atoms with Gasteiger partial charge in [0.25, 0.3) is 0 Å². The van der Waals surface area contributed by atoms with Crippen molar-refractivity contribution in [2.24, 2.45) is 5.92 Å². The Balaban J connectivity index is 4.49. The highest BCUT2D eigenvalue weighted by Crippen LogP contribution is 2.15. The van der Waals surface area contributed by atoms with E-state index in [-0.39, 0.29) is 19.3 Å². The summed E-state index contributed by atoms with van der Waals surface area (Å²) in [5.74, 6) is -3.87. The van der Waals surface area contributed by atoms with Crippen LogP contribution in [0.3, 0.4) is 0 Å². The average molecular weight is 317 g/mol. The number of hydrogen-bond donors (Lipinski definition) is 1. The Hall–Kier alpha value is -1.96. The van der Waals surface area contributed by atoms with Crippen LogP contribution < -0.4 is 5.48 Å². The van der Waals surface area contributed by atoms with Crippen LogP contribution in [0.5, 0.6) is 0 Å². The molecule has 1 N–H and O–H groups in total. The predicted molar refractivity (Wildman–Crippen MR) is 75.4 cm³/mol. The van der Waals surface area contributed by atoms with E-state index in [0.29, 0.717) is 0 Å². The van der Waals surface area contributed by atoms with Gasteiger partial charge in [0.1, 0.15) is 0 Å². The van der Waals surface area contributed by atoms with E-state index in [4.69, 9.17) is 4.84 Å². The zero-order valence-electron chi connectivity index (χ0n) is 13.6. The number of nitrogens with one attached hydrogen (secondary N) is 1. The maximum absolute atomic E-state index is 11.6. The van der Waals surface area contributed by atoms with Crippen LogP contribution in [0.25, 0.3) is 0 Å². The molecule has 0 aromatic rings. The van der Waals surface area contributed by atoms with Gasteiger partial charge in [0.05, 0.1) is 25.7 Å². The summed E-state index contributed by atoms with van der Waals surface area (Å²) in [6, 6.07) is 0. The van der Waals surface area contributed by atoms with Crippen molar-refractivity contribution in [3.05, 3.63) is 0 Å². The molecule has 0 aliphatic heterocycles. The summed E-state index contributed by atoms with van der Waals surface area (Å²) in [6.45, 7) is 5.29. The molecule has 0 bridgehead atoms. The fourth-order valence-electron chi connectivity index (χ4n) is 1.46. The molecule has 0 saturated heterocycles. The van der Waals surface area contributed by atoms with E-state index in [2.05, 4.69) is 15.0 Å². The normalized spacial score (nSPS) is 12.2. The van der Waals surface area contributed by atoms with Crippen molar-refractivity contribution in [3.8, 4) is 0 Å². The highest BCUT2D eigenvalue weighted by molar-refractivity contribution is 6.33. The molecule has 0 aliphatic rings. The molecular weight excluding hydrogens is 294 g/mol. The lowest BCUT2D eigenvalue weighted by Gasteiger charge is -2.19. The molecule has 0 rings (SSSR count). The van der Waals surface area contributed by atoms with E-state index in [0.717, 1.165) is 7.11 Å². The second-order valence-electron chi connectivity index (χ2n) is 5.62. The number of amides is 1. The second-order valence-corrected chi connectivity index (χ2v) is 5.62. The number of methoxy groups -OCH3 is 2. The van der Waals surface area contributed by atoms with Gasteiger partial charge in [-0.15, -0.1) is 0 Å². The number of Topliss-reactive ketones (excluding diaryl/α,β-unsaturated/α-hetero) is 1. The summed E-state index contributed by atoms with van der Waals surface area (Å²) in [5, 5.41) is 0. The standard InChI is InChI=1S/C14H23NO7/c1-14(2,3)22-15-11(17)7-6-9(12(18)20-4)8-10(16)13(19)21-5/h9H,6-8H2,1-5H3,(H,15,17). The lowest BCUT2D eigenvalue weighted by atomic mass is 9.97. The zero-order valence-corrected chi connectivity index (χ0v) is 13.6. The number of carbonyl (C=O) groups excluding carboxylic acids is 4. The average Bonchev–Trinajstić information content (AvgIpc) is 2.46. The van der Waals surface area contributed by atoms with Gasteiger partial charge < -0.3 is 9.47 Å². The van der Waals surface area contributed by atoms with Crippen LogP contribution in [0.2, 0.25) is 0 Å². The highest BCUT2D eigenvalue weighted by atomic mass is 16.7. The Labute approximate surface area is 129 Å². The van der Waals surface area contributed by atoms with Gasteiger partial charge in [-0.25, -0.2) is 10.3 Å². The van der Waals surface area contributed by atoms with Gasteiger partial charge in [-0.05, 0) is 27.2 Å². The summed E-state index contributed by atoms with van der Waals surface area (Å²) in [6.07, 6.45) is -0.369. The Morgan fingerprint density at radius 1 is 1.05 bits per heavy atom. The molecule has 1 unspecified atom stereocenters.